The maximum absolute atomic E-state index is 13.6. The third kappa shape index (κ3) is 7.57. The first-order chi connectivity index (χ1) is 16.3. The zero-order valence-corrected chi connectivity index (χ0v) is 21.4. The molecule has 35 heavy (non-hydrogen) atoms. The van der Waals surface area contributed by atoms with Crippen molar-refractivity contribution >= 4 is 23.6 Å². The average molecular weight is 479 g/mol. The fourth-order valence-electron chi connectivity index (χ4n) is 3.49. The van der Waals surface area contributed by atoms with Crippen molar-refractivity contribution in [3.05, 3.63) is 64.7 Å². The Morgan fingerprint density at radius 3 is 2.26 bits per heavy atom. The van der Waals surface area contributed by atoms with Gasteiger partial charge >= 0.3 is 6.09 Å². The van der Waals surface area contributed by atoms with Gasteiger partial charge < -0.3 is 20.3 Å². The lowest BCUT2D eigenvalue weighted by atomic mass is 9.98. The number of benzene rings is 2. The van der Waals surface area contributed by atoms with E-state index in [1.165, 1.54) is 11.8 Å². The van der Waals surface area contributed by atoms with Crippen LogP contribution in [0.4, 0.5) is 10.5 Å². The highest BCUT2D eigenvalue weighted by Gasteiger charge is 2.35. The first kappa shape index (κ1) is 27.4. The molecule has 2 N–H and O–H groups in total. The normalized spacial score (nSPS) is 12.6. The van der Waals surface area contributed by atoms with Gasteiger partial charge in [0.15, 0.2) is 0 Å². The Labute approximate surface area is 207 Å². The highest BCUT2D eigenvalue weighted by molar-refractivity contribution is 5.99. The standard InChI is InChI=1S/C27H34N4O4/c1-17-12-13-21(16-19(17)3)23(24(32)30-22-11-9-8-10-18(22)2)31(15-14-28)25(33)20(4)29-26(34)35-27(5,6)7/h8-13,16,20,23H,15H2,1-7H3,(H,29,34)(H,30,32). The zero-order chi connectivity index (χ0) is 26.3. The number of hydrogen-bond donors (Lipinski definition) is 2. The van der Waals surface area contributed by atoms with E-state index >= 15 is 0 Å². The molecule has 0 saturated carbocycles. The molecule has 0 bridgehead atoms. The molecule has 3 amide bonds. The summed E-state index contributed by atoms with van der Waals surface area (Å²) in [5, 5.41) is 14.9. The molecule has 0 radical (unpaired) electrons. The van der Waals surface area contributed by atoms with Gasteiger partial charge in [-0.2, -0.15) is 5.26 Å². The van der Waals surface area contributed by atoms with Crippen molar-refractivity contribution < 1.29 is 19.1 Å². The number of nitriles is 1. The van der Waals surface area contributed by atoms with Crippen LogP contribution in [0.25, 0.3) is 0 Å². The summed E-state index contributed by atoms with van der Waals surface area (Å²) in [7, 11) is 0. The van der Waals surface area contributed by atoms with Crippen LogP contribution in [0.1, 0.15) is 56.0 Å². The van der Waals surface area contributed by atoms with Crippen molar-refractivity contribution in [2.45, 2.75) is 66.2 Å². The lowest BCUT2D eigenvalue weighted by molar-refractivity contribution is -0.139. The third-order valence-electron chi connectivity index (χ3n) is 5.44. The number of alkyl carbamates (subject to hydrolysis) is 1. The first-order valence-electron chi connectivity index (χ1n) is 11.4. The topological polar surface area (TPSA) is 112 Å². The number of nitrogens with one attached hydrogen (secondary N) is 2. The molecule has 8 heteroatoms. The summed E-state index contributed by atoms with van der Waals surface area (Å²) in [6.45, 7) is 12.0. The molecular formula is C27H34N4O4. The molecule has 2 unspecified atom stereocenters. The lowest BCUT2D eigenvalue weighted by Crippen LogP contribution is -2.51. The summed E-state index contributed by atoms with van der Waals surface area (Å²) in [6.07, 6.45) is -0.762. The molecule has 0 saturated heterocycles. The van der Waals surface area contributed by atoms with Gasteiger partial charge in [0.05, 0.1) is 6.07 Å². The summed E-state index contributed by atoms with van der Waals surface area (Å²) in [5.41, 5.74) is 3.26. The third-order valence-corrected chi connectivity index (χ3v) is 5.44. The number of rotatable bonds is 7. The number of para-hydroxylation sites is 1. The monoisotopic (exact) mass is 478 g/mol. The Bertz CT molecular complexity index is 1130. The number of amides is 3. The number of nitrogens with zero attached hydrogens (tertiary/aromatic N) is 2. The van der Waals surface area contributed by atoms with Crippen molar-refractivity contribution in [1.29, 1.82) is 5.26 Å². The molecule has 0 aliphatic rings. The molecule has 0 aliphatic carbocycles. The molecule has 2 aromatic carbocycles. The van der Waals surface area contributed by atoms with Crippen molar-refractivity contribution in [1.82, 2.24) is 10.2 Å². The molecule has 2 atom stereocenters. The summed E-state index contributed by atoms with van der Waals surface area (Å²) < 4.78 is 5.25. The number of anilines is 1. The summed E-state index contributed by atoms with van der Waals surface area (Å²) in [5.74, 6) is -1.05. The molecule has 0 spiro atoms. The van der Waals surface area contributed by atoms with E-state index in [4.69, 9.17) is 4.74 Å². The van der Waals surface area contributed by atoms with E-state index in [0.29, 0.717) is 11.3 Å². The van der Waals surface area contributed by atoms with Crippen LogP contribution >= 0.6 is 0 Å². The van der Waals surface area contributed by atoms with E-state index in [1.807, 2.05) is 51.1 Å². The van der Waals surface area contributed by atoms with E-state index in [0.717, 1.165) is 16.7 Å². The highest BCUT2D eigenvalue weighted by Crippen LogP contribution is 2.26. The minimum absolute atomic E-state index is 0.349. The smallest absolute Gasteiger partial charge is 0.408 e. The predicted octanol–water partition coefficient (Wildman–Crippen LogP) is 4.56. The Balaban J connectivity index is 2.45. The van der Waals surface area contributed by atoms with Gasteiger partial charge in [-0.05, 0) is 76.8 Å². The Kier molecular flexibility index (Phi) is 9.01. The molecule has 0 fully saturated rings. The molecule has 8 nitrogen and oxygen atoms in total. The molecule has 2 aromatic rings. The van der Waals surface area contributed by atoms with Gasteiger partial charge in [0.1, 0.15) is 24.2 Å². The minimum Gasteiger partial charge on any atom is -0.444 e. The van der Waals surface area contributed by atoms with Gasteiger partial charge in [-0.1, -0.05) is 36.4 Å². The van der Waals surface area contributed by atoms with Crippen LogP contribution in [0.15, 0.2) is 42.5 Å². The minimum atomic E-state index is -1.09. The van der Waals surface area contributed by atoms with Crippen LogP contribution in [-0.2, 0) is 14.3 Å². The zero-order valence-electron chi connectivity index (χ0n) is 21.4. The molecule has 0 heterocycles. The van der Waals surface area contributed by atoms with Crippen molar-refractivity contribution in [2.24, 2.45) is 0 Å². The maximum Gasteiger partial charge on any atom is 0.408 e. The Hall–Kier alpha value is -3.86. The van der Waals surface area contributed by atoms with E-state index in [9.17, 15) is 19.6 Å². The van der Waals surface area contributed by atoms with Crippen LogP contribution in [0.2, 0.25) is 0 Å². The van der Waals surface area contributed by atoms with Crippen molar-refractivity contribution in [3.63, 3.8) is 0 Å². The maximum atomic E-state index is 13.6. The fraction of sp³-hybridized carbons (Fsp3) is 0.407. The van der Waals surface area contributed by atoms with Gasteiger partial charge in [0.2, 0.25) is 5.91 Å². The number of aryl methyl sites for hydroxylation is 3. The number of carbonyl (C=O) groups is 3. The van der Waals surface area contributed by atoms with Crippen LogP contribution < -0.4 is 10.6 Å². The average Bonchev–Trinajstić information content (AvgIpc) is 2.75. The fourth-order valence-corrected chi connectivity index (χ4v) is 3.49. The second kappa shape index (κ2) is 11.5. The first-order valence-corrected chi connectivity index (χ1v) is 11.4. The van der Waals surface area contributed by atoms with Gasteiger partial charge in [-0.15, -0.1) is 0 Å². The van der Waals surface area contributed by atoms with Crippen LogP contribution in [-0.4, -0.2) is 41.0 Å². The SMILES string of the molecule is Cc1ccc(C(C(=O)Nc2ccccc2C)N(CC#N)C(=O)C(C)NC(=O)OC(C)(C)C)cc1C. The quantitative estimate of drug-likeness (QED) is 0.567. The van der Waals surface area contributed by atoms with Crippen LogP contribution in [0.3, 0.4) is 0 Å². The number of ether oxygens (including phenoxy) is 1. The van der Waals surface area contributed by atoms with Crippen LogP contribution in [0.5, 0.6) is 0 Å². The summed E-state index contributed by atoms with van der Waals surface area (Å²) >= 11 is 0. The molecule has 0 aliphatic heterocycles. The second-order valence-electron chi connectivity index (χ2n) is 9.54. The predicted molar refractivity (Wildman–Crippen MR) is 135 cm³/mol. The van der Waals surface area contributed by atoms with E-state index in [-0.39, 0.29) is 6.54 Å². The molecule has 2 rings (SSSR count). The molecule has 0 aromatic heterocycles. The van der Waals surface area contributed by atoms with Gasteiger partial charge in [0, 0.05) is 5.69 Å². The molecule has 186 valence electrons. The van der Waals surface area contributed by atoms with E-state index in [2.05, 4.69) is 10.6 Å². The van der Waals surface area contributed by atoms with E-state index < -0.39 is 35.6 Å². The van der Waals surface area contributed by atoms with Crippen molar-refractivity contribution in [2.75, 3.05) is 11.9 Å². The Morgan fingerprint density at radius 1 is 1.03 bits per heavy atom. The summed E-state index contributed by atoms with van der Waals surface area (Å²) in [6, 6.07) is 12.6. The second-order valence-corrected chi connectivity index (χ2v) is 9.54. The van der Waals surface area contributed by atoms with E-state index in [1.54, 1.807) is 39.0 Å². The largest absolute Gasteiger partial charge is 0.444 e. The lowest BCUT2D eigenvalue weighted by Gasteiger charge is -2.32. The number of hydrogen-bond acceptors (Lipinski definition) is 5. The van der Waals surface area contributed by atoms with Crippen LogP contribution in [0, 0.1) is 32.1 Å². The summed E-state index contributed by atoms with van der Waals surface area (Å²) in [4.78, 5) is 40.5. The molecular weight excluding hydrogens is 444 g/mol. The van der Waals surface area contributed by atoms with Gasteiger partial charge in [-0.3, -0.25) is 9.59 Å². The van der Waals surface area contributed by atoms with Crippen molar-refractivity contribution in [3.8, 4) is 6.07 Å². The Morgan fingerprint density at radius 2 is 1.69 bits per heavy atom. The number of carbonyl (C=O) groups excluding carboxylic acids is 3. The van der Waals surface area contributed by atoms with Gasteiger partial charge in [0.25, 0.3) is 5.91 Å². The van der Waals surface area contributed by atoms with Gasteiger partial charge in [-0.25, -0.2) is 4.79 Å². The highest BCUT2D eigenvalue weighted by atomic mass is 16.6.